The Bertz CT molecular complexity index is 352. The molecule has 1 aromatic rings. The van der Waals surface area contributed by atoms with Crippen molar-refractivity contribution in [3.05, 3.63) is 28.7 Å². The van der Waals surface area contributed by atoms with Gasteiger partial charge >= 0.3 is 0 Å². The van der Waals surface area contributed by atoms with Crippen molar-refractivity contribution in [2.24, 2.45) is 11.8 Å². The molecular weight excluding hydrogens is 278 g/mol. The molecule has 1 fully saturated rings. The van der Waals surface area contributed by atoms with E-state index in [0.29, 0.717) is 12.5 Å². The predicted octanol–water partition coefficient (Wildman–Crippen LogP) is 3.29. The van der Waals surface area contributed by atoms with Crippen LogP contribution in [0.4, 0.5) is 5.69 Å². The van der Waals surface area contributed by atoms with Crippen LogP contribution in [0, 0.1) is 11.8 Å². The standard InChI is InChI=1S/C14H20BrNO/c1-11(10-17)8-12-6-7-16(9-12)14-4-2-13(15)3-5-14/h2-5,11-12,17H,6-10H2,1H3. The molecule has 17 heavy (non-hydrogen) atoms. The fourth-order valence-electron chi connectivity index (χ4n) is 2.56. The Morgan fingerprint density at radius 1 is 1.41 bits per heavy atom. The summed E-state index contributed by atoms with van der Waals surface area (Å²) in [5, 5.41) is 9.09. The number of anilines is 1. The number of hydrogen-bond donors (Lipinski definition) is 1. The van der Waals surface area contributed by atoms with Gasteiger partial charge in [-0.3, -0.25) is 0 Å². The summed E-state index contributed by atoms with van der Waals surface area (Å²) < 4.78 is 1.13. The molecule has 0 saturated carbocycles. The van der Waals surface area contributed by atoms with Gasteiger partial charge in [0.1, 0.15) is 0 Å². The van der Waals surface area contributed by atoms with E-state index in [1.165, 1.54) is 12.1 Å². The van der Waals surface area contributed by atoms with E-state index in [-0.39, 0.29) is 0 Å². The molecule has 0 radical (unpaired) electrons. The van der Waals surface area contributed by atoms with Crippen molar-refractivity contribution in [3.63, 3.8) is 0 Å². The molecule has 1 aliphatic rings. The number of hydrogen-bond acceptors (Lipinski definition) is 2. The number of halogens is 1. The van der Waals surface area contributed by atoms with Gasteiger partial charge in [0.25, 0.3) is 0 Å². The lowest BCUT2D eigenvalue weighted by molar-refractivity contribution is 0.215. The summed E-state index contributed by atoms with van der Waals surface area (Å²) in [6, 6.07) is 8.53. The van der Waals surface area contributed by atoms with Gasteiger partial charge in [0, 0.05) is 29.9 Å². The van der Waals surface area contributed by atoms with E-state index >= 15 is 0 Å². The van der Waals surface area contributed by atoms with Gasteiger partial charge in [0.05, 0.1) is 0 Å². The molecule has 1 saturated heterocycles. The molecule has 94 valence electrons. The molecule has 2 nitrogen and oxygen atoms in total. The summed E-state index contributed by atoms with van der Waals surface area (Å²) in [5.74, 6) is 1.17. The molecule has 0 amide bonds. The summed E-state index contributed by atoms with van der Waals surface area (Å²) in [5.41, 5.74) is 1.31. The van der Waals surface area contributed by atoms with Crippen LogP contribution in [0.5, 0.6) is 0 Å². The maximum atomic E-state index is 9.09. The van der Waals surface area contributed by atoms with Gasteiger partial charge in [-0.25, -0.2) is 0 Å². The molecular formula is C14H20BrNO. The Morgan fingerprint density at radius 3 is 2.76 bits per heavy atom. The van der Waals surface area contributed by atoms with Crippen LogP contribution < -0.4 is 4.90 Å². The molecule has 1 heterocycles. The first-order valence-electron chi connectivity index (χ1n) is 6.30. The smallest absolute Gasteiger partial charge is 0.0456 e. The molecule has 2 rings (SSSR count). The second-order valence-corrected chi connectivity index (χ2v) is 6.02. The highest BCUT2D eigenvalue weighted by atomic mass is 79.9. The highest BCUT2D eigenvalue weighted by Gasteiger charge is 2.23. The molecule has 2 atom stereocenters. The van der Waals surface area contributed by atoms with Gasteiger partial charge in [0.2, 0.25) is 0 Å². The zero-order valence-corrected chi connectivity index (χ0v) is 11.9. The van der Waals surface area contributed by atoms with Crippen molar-refractivity contribution >= 4 is 21.6 Å². The van der Waals surface area contributed by atoms with Crippen LogP contribution >= 0.6 is 15.9 Å². The van der Waals surface area contributed by atoms with Gasteiger partial charge in [-0.2, -0.15) is 0 Å². The Kier molecular flexibility index (Phi) is 4.46. The normalized spacial score (nSPS) is 21.8. The first-order chi connectivity index (χ1) is 8.19. The first kappa shape index (κ1) is 12.9. The van der Waals surface area contributed by atoms with Gasteiger partial charge < -0.3 is 10.0 Å². The van der Waals surface area contributed by atoms with E-state index in [0.717, 1.165) is 29.9 Å². The zero-order chi connectivity index (χ0) is 12.3. The second kappa shape index (κ2) is 5.87. The van der Waals surface area contributed by atoms with Crippen molar-refractivity contribution < 1.29 is 5.11 Å². The number of rotatable bonds is 4. The van der Waals surface area contributed by atoms with Gasteiger partial charge in [-0.1, -0.05) is 22.9 Å². The third kappa shape index (κ3) is 3.46. The van der Waals surface area contributed by atoms with Crippen LogP contribution in [0.1, 0.15) is 19.8 Å². The maximum absolute atomic E-state index is 9.09. The largest absolute Gasteiger partial charge is 0.396 e. The fourth-order valence-corrected chi connectivity index (χ4v) is 2.82. The quantitative estimate of drug-likeness (QED) is 0.922. The lowest BCUT2D eigenvalue weighted by Crippen LogP contribution is -2.20. The lowest BCUT2D eigenvalue weighted by Gasteiger charge is -2.19. The molecule has 1 N–H and O–H groups in total. The minimum atomic E-state index is 0.314. The summed E-state index contributed by atoms with van der Waals surface area (Å²) in [6.07, 6.45) is 2.39. The summed E-state index contributed by atoms with van der Waals surface area (Å²) in [7, 11) is 0. The first-order valence-corrected chi connectivity index (χ1v) is 7.09. The molecule has 0 spiro atoms. The Labute approximate surface area is 112 Å². The molecule has 1 aliphatic heterocycles. The monoisotopic (exact) mass is 297 g/mol. The SMILES string of the molecule is CC(CO)CC1CCN(c2ccc(Br)cc2)C1. The van der Waals surface area contributed by atoms with Crippen molar-refractivity contribution in [1.29, 1.82) is 0 Å². The molecule has 0 bridgehead atoms. The van der Waals surface area contributed by atoms with E-state index in [1.54, 1.807) is 0 Å². The third-order valence-electron chi connectivity index (χ3n) is 3.53. The molecule has 0 aliphatic carbocycles. The van der Waals surface area contributed by atoms with E-state index in [9.17, 15) is 0 Å². The second-order valence-electron chi connectivity index (χ2n) is 5.10. The average Bonchev–Trinajstić information content (AvgIpc) is 2.78. The van der Waals surface area contributed by atoms with Crippen LogP contribution in [0.2, 0.25) is 0 Å². The van der Waals surface area contributed by atoms with Crippen LogP contribution in [0.25, 0.3) is 0 Å². The molecule has 1 aromatic carbocycles. The minimum Gasteiger partial charge on any atom is -0.396 e. The highest BCUT2D eigenvalue weighted by Crippen LogP contribution is 2.28. The summed E-state index contributed by atoms with van der Waals surface area (Å²) >= 11 is 3.46. The van der Waals surface area contributed by atoms with Crippen LogP contribution in [-0.2, 0) is 0 Å². The Balaban J connectivity index is 1.91. The van der Waals surface area contributed by atoms with E-state index in [4.69, 9.17) is 5.11 Å². The van der Waals surface area contributed by atoms with Crippen LogP contribution in [0.15, 0.2) is 28.7 Å². The van der Waals surface area contributed by atoms with Gasteiger partial charge in [-0.05, 0) is 48.9 Å². The number of aliphatic hydroxyl groups excluding tert-OH is 1. The van der Waals surface area contributed by atoms with Gasteiger partial charge in [-0.15, -0.1) is 0 Å². The lowest BCUT2D eigenvalue weighted by atomic mass is 9.96. The Hall–Kier alpha value is -0.540. The van der Waals surface area contributed by atoms with Gasteiger partial charge in [0.15, 0.2) is 0 Å². The van der Waals surface area contributed by atoms with Crippen LogP contribution in [-0.4, -0.2) is 24.8 Å². The van der Waals surface area contributed by atoms with E-state index < -0.39 is 0 Å². The number of aliphatic hydroxyl groups is 1. The van der Waals surface area contributed by atoms with E-state index in [1.807, 2.05) is 0 Å². The highest BCUT2D eigenvalue weighted by molar-refractivity contribution is 9.10. The van der Waals surface area contributed by atoms with Crippen molar-refractivity contribution in [3.8, 4) is 0 Å². The van der Waals surface area contributed by atoms with Crippen molar-refractivity contribution in [2.45, 2.75) is 19.8 Å². The fraction of sp³-hybridized carbons (Fsp3) is 0.571. The van der Waals surface area contributed by atoms with Crippen molar-refractivity contribution in [2.75, 3.05) is 24.6 Å². The topological polar surface area (TPSA) is 23.5 Å². The average molecular weight is 298 g/mol. The minimum absolute atomic E-state index is 0.314. The molecule has 2 unspecified atom stereocenters. The van der Waals surface area contributed by atoms with Crippen molar-refractivity contribution in [1.82, 2.24) is 0 Å². The Morgan fingerprint density at radius 2 is 2.12 bits per heavy atom. The summed E-state index contributed by atoms with van der Waals surface area (Å²) in [6.45, 7) is 4.72. The maximum Gasteiger partial charge on any atom is 0.0456 e. The van der Waals surface area contributed by atoms with E-state index in [2.05, 4.69) is 52.0 Å². The summed E-state index contributed by atoms with van der Waals surface area (Å²) in [4.78, 5) is 2.45. The third-order valence-corrected chi connectivity index (χ3v) is 4.05. The predicted molar refractivity (Wildman–Crippen MR) is 75.3 cm³/mol. The number of benzene rings is 1. The number of nitrogens with zero attached hydrogens (tertiary/aromatic N) is 1. The zero-order valence-electron chi connectivity index (χ0n) is 10.3. The molecule has 0 aromatic heterocycles. The molecule has 3 heteroatoms. The van der Waals surface area contributed by atoms with Crippen LogP contribution in [0.3, 0.4) is 0 Å².